The minimum absolute atomic E-state index is 0.589. The summed E-state index contributed by atoms with van der Waals surface area (Å²) in [6, 6.07) is 0. The lowest BCUT2D eigenvalue weighted by molar-refractivity contribution is 0.240. The average molecular weight is 249 g/mol. The molecule has 0 amide bonds. The first-order chi connectivity index (χ1) is 7.76. The van der Waals surface area contributed by atoms with Crippen LogP contribution in [0.25, 0.3) is 0 Å². The normalized spacial score (nSPS) is 10.1. The van der Waals surface area contributed by atoms with E-state index in [0.29, 0.717) is 0 Å². The van der Waals surface area contributed by atoms with Crippen LogP contribution >= 0.6 is 0 Å². The molecular weight excluding hydrogens is 218 g/mol. The van der Waals surface area contributed by atoms with Gasteiger partial charge in [-0.25, -0.2) is 0 Å². The van der Waals surface area contributed by atoms with Gasteiger partial charge in [0.05, 0.1) is 0 Å². The zero-order chi connectivity index (χ0) is 12.6. The van der Waals surface area contributed by atoms with Crippen LogP contribution in [0.15, 0.2) is 0 Å². The van der Waals surface area contributed by atoms with E-state index in [4.69, 9.17) is 8.85 Å². The van der Waals surface area contributed by atoms with Crippen molar-refractivity contribution >= 4 is 10.0 Å². The van der Waals surface area contributed by atoms with Crippen molar-refractivity contribution in [3.05, 3.63) is 0 Å². The fraction of sp³-hybridized carbons (Fsp3) is 1.00. The highest BCUT2D eigenvalue weighted by Gasteiger charge is 1.94. The van der Waals surface area contributed by atoms with Crippen LogP contribution in [0.4, 0.5) is 0 Å². The summed E-state index contributed by atoms with van der Waals surface area (Å²) in [4.78, 5) is 2.46. The van der Waals surface area contributed by atoms with Gasteiger partial charge in [-0.2, -0.15) is 0 Å². The molecule has 0 heterocycles. The summed E-state index contributed by atoms with van der Waals surface area (Å²) >= 11 is 0. The van der Waals surface area contributed by atoms with Crippen molar-refractivity contribution in [3.63, 3.8) is 0 Å². The molecule has 0 aliphatic carbocycles. The van der Waals surface area contributed by atoms with Gasteiger partial charge in [0, 0.05) is 13.2 Å². The van der Waals surface area contributed by atoms with E-state index in [1.165, 1.54) is 32.5 Å². The van der Waals surface area contributed by atoms with E-state index in [-0.39, 0.29) is 0 Å². The van der Waals surface area contributed by atoms with Crippen LogP contribution in [0.2, 0.25) is 0 Å². The zero-order valence-corrected chi connectivity index (χ0v) is 13.3. The summed E-state index contributed by atoms with van der Waals surface area (Å²) in [5, 5.41) is 0. The summed E-state index contributed by atoms with van der Waals surface area (Å²) < 4.78 is 9.98. The second kappa shape index (κ2) is 17.5. The van der Waals surface area contributed by atoms with Gasteiger partial charge in [0.25, 0.3) is 0 Å². The van der Waals surface area contributed by atoms with Crippen LogP contribution in [0.1, 0.15) is 47.5 Å². The number of unbranched alkanes of at least 4 members (excludes halogenated alkanes) is 1. The highest BCUT2D eigenvalue weighted by Crippen LogP contribution is 1.92. The molecule has 0 unspecified atom stereocenters. The van der Waals surface area contributed by atoms with Crippen LogP contribution in [0.3, 0.4) is 0 Å². The summed E-state index contributed by atoms with van der Waals surface area (Å²) in [5.41, 5.74) is 0. The molecule has 0 fully saturated rings. The molecule has 0 aromatic rings. The monoisotopic (exact) mass is 249 g/mol. The largest absolute Gasteiger partial charge is 0.399 e. The third-order valence-electron chi connectivity index (χ3n) is 2.30. The maximum absolute atomic E-state index is 4.99. The van der Waals surface area contributed by atoms with E-state index in [1.54, 1.807) is 0 Å². The van der Waals surface area contributed by atoms with E-state index in [2.05, 4.69) is 25.7 Å². The molecule has 3 nitrogen and oxygen atoms in total. The second-order valence-electron chi connectivity index (χ2n) is 3.48. The fourth-order valence-corrected chi connectivity index (χ4v) is 1.60. The van der Waals surface area contributed by atoms with E-state index >= 15 is 0 Å². The van der Waals surface area contributed by atoms with Crippen molar-refractivity contribution in [2.45, 2.75) is 47.5 Å². The lowest BCUT2D eigenvalue weighted by atomic mass is 10.3. The van der Waals surface area contributed by atoms with Gasteiger partial charge in [0.1, 0.15) is 0 Å². The summed E-state index contributed by atoms with van der Waals surface area (Å²) in [6.45, 7) is 15.9. The molecular formula is C12H31NO2Si. The van der Waals surface area contributed by atoms with Crippen LogP contribution in [0, 0.1) is 0 Å². The molecule has 0 bridgehead atoms. The van der Waals surface area contributed by atoms with E-state index in [9.17, 15) is 0 Å². The van der Waals surface area contributed by atoms with Crippen LogP contribution in [-0.2, 0) is 8.85 Å². The first-order valence-electron chi connectivity index (χ1n) is 6.64. The Hall–Kier alpha value is 0.0969. The Morgan fingerprint density at radius 3 is 1.69 bits per heavy atom. The van der Waals surface area contributed by atoms with E-state index < -0.39 is 10.0 Å². The van der Waals surface area contributed by atoms with Gasteiger partial charge in [-0.1, -0.05) is 27.2 Å². The molecule has 0 radical (unpaired) electrons. The molecule has 16 heavy (non-hydrogen) atoms. The fourth-order valence-electron chi connectivity index (χ4n) is 1.15. The molecule has 0 aliphatic rings. The maximum Gasteiger partial charge on any atom is 0.304 e. The Morgan fingerprint density at radius 2 is 1.38 bits per heavy atom. The molecule has 4 heteroatoms. The van der Waals surface area contributed by atoms with Crippen molar-refractivity contribution < 1.29 is 8.85 Å². The summed E-state index contributed by atoms with van der Waals surface area (Å²) in [5.74, 6) is 0. The standard InChI is InChI=1S/C8H19N.C4H12O2Si/c1-4-7-8-9(5-2)6-3;1-3-5-7-6-4-2/h4-8H2,1-3H3;3-4,7H2,1-2H3. The van der Waals surface area contributed by atoms with Crippen molar-refractivity contribution in [1.29, 1.82) is 0 Å². The SMILES string of the molecule is CCCCN(CC)CC.CCO[SiH2]OCC. The highest BCUT2D eigenvalue weighted by atomic mass is 28.3. The van der Waals surface area contributed by atoms with Gasteiger partial charge in [-0.05, 0) is 39.9 Å². The van der Waals surface area contributed by atoms with Gasteiger partial charge in [0.2, 0.25) is 0 Å². The van der Waals surface area contributed by atoms with Gasteiger partial charge in [-0.15, -0.1) is 0 Å². The molecule has 0 saturated heterocycles. The first-order valence-corrected chi connectivity index (χ1v) is 7.79. The Kier molecular flexibility index (Phi) is 20.2. The minimum Gasteiger partial charge on any atom is -0.399 e. The number of nitrogens with zero attached hydrogens (tertiary/aromatic N) is 1. The third kappa shape index (κ3) is 16.5. The number of hydrogen-bond acceptors (Lipinski definition) is 3. The van der Waals surface area contributed by atoms with Crippen molar-refractivity contribution in [3.8, 4) is 0 Å². The molecule has 0 aromatic carbocycles. The Labute approximate surface area is 105 Å². The predicted octanol–water partition coefficient (Wildman–Crippen LogP) is 2.19. The molecule has 0 aromatic heterocycles. The number of hydrogen-bond donors (Lipinski definition) is 0. The smallest absolute Gasteiger partial charge is 0.304 e. The zero-order valence-electron chi connectivity index (χ0n) is 11.9. The Morgan fingerprint density at radius 1 is 0.875 bits per heavy atom. The Bertz CT molecular complexity index is 107. The van der Waals surface area contributed by atoms with Gasteiger partial charge in [0.15, 0.2) is 0 Å². The minimum atomic E-state index is -0.589. The van der Waals surface area contributed by atoms with Crippen LogP contribution in [0.5, 0.6) is 0 Å². The average Bonchev–Trinajstić information content (AvgIpc) is 2.32. The molecule has 0 saturated carbocycles. The third-order valence-corrected chi connectivity index (χ3v) is 3.45. The van der Waals surface area contributed by atoms with Crippen molar-refractivity contribution in [1.82, 2.24) is 4.90 Å². The highest BCUT2D eigenvalue weighted by molar-refractivity contribution is 6.17. The van der Waals surface area contributed by atoms with Gasteiger partial charge >= 0.3 is 10.0 Å². The van der Waals surface area contributed by atoms with E-state index in [0.717, 1.165) is 13.2 Å². The van der Waals surface area contributed by atoms with Crippen molar-refractivity contribution in [2.75, 3.05) is 32.8 Å². The second-order valence-corrected chi connectivity index (χ2v) is 4.54. The molecule has 0 aliphatic heterocycles. The molecule has 100 valence electrons. The Balaban J connectivity index is 0. The predicted molar refractivity (Wildman–Crippen MR) is 74.5 cm³/mol. The van der Waals surface area contributed by atoms with E-state index in [1.807, 2.05) is 13.8 Å². The summed E-state index contributed by atoms with van der Waals surface area (Å²) in [6.07, 6.45) is 2.66. The van der Waals surface area contributed by atoms with Gasteiger partial charge in [-0.3, -0.25) is 0 Å². The summed E-state index contributed by atoms with van der Waals surface area (Å²) in [7, 11) is -0.589. The van der Waals surface area contributed by atoms with Crippen LogP contribution < -0.4 is 0 Å². The first kappa shape index (κ1) is 18.5. The lowest BCUT2D eigenvalue weighted by Gasteiger charge is -2.16. The maximum atomic E-state index is 4.99. The van der Waals surface area contributed by atoms with Gasteiger partial charge < -0.3 is 13.8 Å². The van der Waals surface area contributed by atoms with Crippen LogP contribution in [-0.4, -0.2) is 47.8 Å². The molecule has 0 atom stereocenters. The van der Waals surface area contributed by atoms with Crippen molar-refractivity contribution in [2.24, 2.45) is 0 Å². The molecule has 0 N–H and O–H groups in total. The molecule has 0 rings (SSSR count). The lowest BCUT2D eigenvalue weighted by Crippen LogP contribution is -2.23. The topological polar surface area (TPSA) is 21.7 Å². The quantitative estimate of drug-likeness (QED) is 0.462. The number of rotatable bonds is 9. The molecule has 0 spiro atoms.